The first kappa shape index (κ1) is 11.2. The number of hydrogen-bond acceptors (Lipinski definition) is 2. The Morgan fingerprint density at radius 2 is 1.86 bits per heavy atom. The monoisotopic (exact) mass is 192 g/mol. The van der Waals surface area contributed by atoms with Crippen LogP contribution in [0, 0.1) is 0 Å². The number of hydrogen-bond donors (Lipinski definition) is 1. The van der Waals surface area contributed by atoms with E-state index in [1.807, 2.05) is 6.07 Å². The Labute approximate surface area is 86.7 Å². The Bertz CT molecular complexity index is 244. The van der Waals surface area contributed by atoms with E-state index in [1.165, 1.54) is 5.56 Å². The predicted molar refractivity (Wildman–Crippen MR) is 61.3 cm³/mol. The summed E-state index contributed by atoms with van der Waals surface area (Å²) in [5.41, 5.74) is 7.36. The molecule has 1 aromatic rings. The van der Waals surface area contributed by atoms with Crippen molar-refractivity contribution in [1.82, 2.24) is 4.90 Å². The largest absolute Gasteiger partial charge is 0.327 e. The fraction of sp³-hybridized carbons (Fsp3) is 0.500. The highest BCUT2D eigenvalue weighted by Crippen LogP contribution is 2.04. The summed E-state index contributed by atoms with van der Waals surface area (Å²) in [6.45, 7) is 1.06. The lowest BCUT2D eigenvalue weighted by atomic mass is 10.0. The van der Waals surface area contributed by atoms with E-state index in [0.717, 1.165) is 19.4 Å². The third-order valence-corrected chi connectivity index (χ3v) is 2.29. The molecule has 0 aromatic heterocycles. The van der Waals surface area contributed by atoms with E-state index in [-0.39, 0.29) is 6.04 Å². The molecule has 0 fully saturated rings. The first-order valence-electron chi connectivity index (χ1n) is 5.12. The van der Waals surface area contributed by atoms with Gasteiger partial charge in [0, 0.05) is 6.04 Å². The molecular formula is C12H20N2. The Hall–Kier alpha value is -0.860. The highest BCUT2D eigenvalue weighted by molar-refractivity contribution is 5.15. The minimum absolute atomic E-state index is 0.278. The van der Waals surface area contributed by atoms with Crippen LogP contribution in [0.4, 0.5) is 0 Å². The van der Waals surface area contributed by atoms with Gasteiger partial charge in [0.1, 0.15) is 0 Å². The number of nitrogens with two attached hydrogens (primary N) is 1. The Kier molecular flexibility index (Phi) is 4.63. The summed E-state index contributed by atoms with van der Waals surface area (Å²) in [5, 5.41) is 0. The minimum atomic E-state index is 0.278. The molecule has 0 radical (unpaired) electrons. The normalized spacial score (nSPS) is 13.1. The Morgan fingerprint density at radius 1 is 1.21 bits per heavy atom. The van der Waals surface area contributed by atoms with Gasteiger partial charge >= 0.3 is 0 Å². The number of rotatable bonds is 5. The predicted octanol–water partition coefficient (Wildman–Crippen LogP) is 1.51. The molecule has 0 amide bonds. The van der Waals surface area contributed by atoms with Gasteiger partial charge in [-0.15, -0.1) is 0 Å². The zero-order valence-corrected chi connectivity index (χ0v) is 9.11. The van der Waals surface area contributed by atoms with E-state index in [4.69, 9.17) is 5.73 Å². The Balaban J connectivity index is 2.30. The SMILES string of the molecule is CN(C)CCC(N)Cc1ccccc1. The molecule has 0 saturated carbocycles. The summed E-state index contributed by atoms with van der Waals surface area (Å²) < 4.78 is 0. The summed E-state index contributed by atoms with van der Waals surface area (Å²) in [6.07, 6.45) is 2.04. The number of nitrogens with zero attached hydrogens (tertiary/aromatic N) is 1. The van der Waals surface area contributed by atoms with Crippen molar-refractivity contribution in [2.75, 3.05) is 20.6 Å². The molecule has 2 N–H and O–H groups in total. The summed E-state index contributed by atoms with van der Waals surface area (Å²) in [5.74, 6) is 0. The Morgan fingerprint density at radius 3 is 2.43 bits per heavy atom. The third kappa shape index (κ3) is 4.40. The van der Waals surface area contributed by atoms with Gasteiger partial charge in [0.15, 0.2) is 0 Å². The van der Waals surface area contributed by atoms with Crippen molar-refractivity contribution in [1.29, 1.82) is 0 Å². The standard InChI is InChI=1S/C12H20N2/c1-14(2)9-8-12(13)10-11-6-4-3-5-7-11/h3-7,12H,8-10,13H2,1-2H3. The molecule has 1 rings (SSSR count). The fourth-order valence-corrected chi connectivity index (χ4v) is 1.44. The second-order valence-electron chi connectivity index (χ2n) is 4.04. The molecule has 0 spiro atoms. The zero-order valence-electron chi connectivity index (χ0n) is 9.11. The summed E-state index contributed by atoms with van der Waals surface area (Å²) in [4.78, 5) is 2.17. The van der Waals surface area contributed by atoms with Crippen LogP contribution >= 0.6 is 0 Å². The van der Waals surface area contributed by atoms with Crippen molar-refractivity contribution < 1.29 is 0 Å². The molecule has 0 heterocycles. The van der Waals surface area contributed by atoms with Crippen molar-refractivity contribution >= 4 is 0 Å². The second kappa shape index (κ2) is 5.78. The highest BCUT2D eigenvalue weighted by Gasteiger charge is 2.03. The van der Waals surface area contributed by atoms with Crippen LogP contribution < -0.4 is 5.73 Å². The summed E-state index contributed by atoms with van der Waals surface area (Å²) in [6, 6.07) is 10.7. The molecule has 0 aliphatic heterocycles. The lowest BCUT2D eigenvalue weighted by Crippen LogP contribution is -2.28. The van der Waals surface area contributed by atoms with Gasteiger partial charge in [0.05, 0.1) is 0 Å². The average Bonchev–Trinajstić information content (AvgIpc) is 2.16. The second-order valence-corrected chi connectivity index (χ2v) is 4.04. The molecule has 1 aromatic carbocycles. The van der Waals surface area contributed by atoms with Crippen molar-refractivity contribution in [3.05, 3.63) is 35.9 Å². The van der Waals surface area contributed by atoms with Gasteiger partial charge in [-0.05, 0) is 39.0 Å². The van der Waals surface area contributed by atoms with Crippen LogP contribution in [0.2, 0.25) is 0 Å². The molecule has 14 heavy (non-hydrogen) atoms. The van der Waals surface area contributed by atoms with Crippen LogP contribution in [0.5, 0.6) is 0 Å². The van der Waals surface area contributed by atoms with Gasteiger partial charge in [-0.1, -0.05) is 30.3 Å². The van der Waals surface area contributed by atoms with E-state index in [2.05, 4.69) is 43.3 Å². The highest BCUT2D eigenvalue weighted by atomic mass is 15.0. The van der Waals surface area contributed by atoms with E-state index in [0.29, 0.717) is 0 Å². The molecule has 1 unspecified atom stereocenters. The quantitative estimate of drug-likeness (QED) is 0.766. The van der Waals surface area contributed by atoms with Crippen molar-refractivity contribution in [2.24, 2.45) is 5.73 Å². The molecule has 0 bridgehead atoms. The van der Waals surface area contributed by atoms with E-state index in [1.54, 1.807) is 0 Å². The molecule has 2 nitrogen and oxygen atoms in total. The maximum atomic E-state index is 6.03. The molecule has 0 aliphatic rings. The van der Waals surface area contributed by atoms with E-state index in [9.17, 15) is 0 Å². The van der Waals surface area contributed by atoms with Crippen molar-refractivity contribution in [2.45, 2.75) is 18.9 Å². The van der Waals surface area contributed by atoms with E-state index >= 15 is 0 Å². The van der Waals surface area contributed by atoms with Crippen LogP contribution in [0.3, 0.4) is 0 Å². The lowest BCUT2D eigenvalue weighted by Gasteiger charge is -2.15. The first-order valence-corrected chi connectivity index (χ1v) is 5.12. The van der Waals surface area contributed by atoms with Gasteiger partial charge < -0.3 is 10.6 Å². The van der Waals surface area contributed by atoms with Crippen LogP contribution in [-0.4, -0.2) is 31.6 Å². The van der Waals surface area contributed by atoms with Crippen LogP contribution in [0.15, 0.2) is 30.3 Å². The van der Waals surface area contributed by atoms with Crippen molar-refractivity contribution in [3.63, 3.8) is 0 Å². The maximum absolute atomic E-state index is 6.03. The maximum Gasteiger partial charge on any atom is 0.00914 e. The smallest absolute Gasteiger partial charge is 0.00914 e. The van der Waals surface area contributed by atoms with Gasteiger partial charge in [-0.3, -0.25) is 0 Å². The number of benzene rings is 1. The van der Waals surface area contributed by atoms with Gasteiger partial charge in [-0.2, -0.15) is 0 Å². The molecule has 1 atom stereocenters. The first-order chi connectivity index (χ1) is 6.68. The van der Waals surface area contributed by atoms with Gasteiger partial charge in [0.25, 0.3) is 0 Å². The molecular weight excluding hydrogens is 172 g/mol. The summed E-state index contributed by atoms with van der Waals surface area (Å²) in [7, 11) is 4.16. The minimum Gasteiger partial charge on any atom is -0.327 e. The van der Waals surface area contributed by atoms with Gasteiger partial charge in [-0.25, -0.2) is 0 Å². The average molecular weight is 192 g/mol. The lowest BCUT2D eigenvalue weighted by molar-refractivity contribution is 0.379. The summed E-state index contributed by atoms with van der Waals surface area (Å²) >= 11 is 0. The fourth-order valence-electron chi connectivity index (χ4n) is 1.44. The van der Waals surface area contributed by atoms with Crippen LogP contribution in [0.1, 0.15) is 12.0 Å². The zero-order chi connectivity index (χ0) is 10.4. The van der Waals surface area contributed by atoms with Crippen molar-refractivity contribution in [3.8, 4) is 0 Å². The van der Waals surface area contributed by atoms with Crippen LogP contribution in [-0.2, 0) is 6.42 Å². The molecule has 2 heteroatoms. The third-order valence-electron chi connectivity index (χ3n) is 2.29. The molecule has 78 valence electrons. The van der Waals surface area contributed by atoms with Crippen LogP contribution in [0.25, 0.3) is 0 Å². The van der Waals surface area contributed by atoms with E-state index < -0.39 is 0 Å². The topological polar surface area (TPSA) is 29.3 Å². The van der Waals surface area contributed by atoms with Gasteiger partial charge in [0.2, 0.25) is 0 Å². The molecule has 0 aliphatic carbocycles. The molecule has 0 saturated heterocycles.